The molecule has 0 aliphatic heterocycles. The number of nitrogens with zero attached hydrogens (tertiary/aromatic N) is 2. The number of nitriles is 1. The molecule has 0 aliphatic rings. The van der Waals surface area contributed by atoms with Gasteiger partial charge in [0.1, 0.15) is 15.4 Å². The van der Waals surface area contributed by atoms with Crippen molar-refractivity contribution < 1.29 is 13.2 Å². The first-order chi connectivity index (χ1) is 9.40. The minimum atomic E-state index is -4.47. The normalized spacial score (nSPS) is 11.2. The molecule has 1 aromatic heterocycles. The van der Waals surface area contributed by atoms with E-state index >= 15 is 0 Å². The Morgan fingerprint density at radius 3 is 2.70 bits per heavy atom. The van der Waals surface area contributed by atoms with Crippen LogP contribution >= 0.6 is 22.9 Å². The fourth-order valence-electron chi connectivity index (χ4n) is 1.51. The molecule has 0 saturated carbocycles. The number of benzene rings is 1. The first kappa shape index (κ1) is 14.6. The van der Waals surface area contributed by atoms with Gasteiger partial charge in [-0.1, -0.05) is 11.6 Å². The molecule has 0 spiro atoms. The van der Waals surface area contributed by atoms with Gasteiger partial charge < -0.3 is 5.32 Å². The first-order valence-corrected chi connectivity index (χ1v) is 6.55. The van der Waals surface area contributed by atoms with Crippen LogP contribution < -0.4 is 5.32 Å². The summed E-state index contributed by atoms with van der Waals surface area (Å²) in [6, 6.07) is 4.72. The third-order valence-corrected chi connectivity index (χ3v) is 3.54. The fraction of sp³-hybridized carbons (Fsp3) is 0.167. The quantitative estimate of drug-likeness (QED) is 0.918. The van der Waals surface area contributed by atoms with Gasteiger partial charge in [-0.3, -0.25) is 0 Å². The van der Waals surface area contributed by atoms with Crippen LogP contribution in [0.5, 0.6) is 0 Å². The molecule has 1 N–H and O–H groups in total. The van der Waals surface area contributed by atoms with Crippen molar-refractivity contribution in [2.45, 2.75) is 12.7 Å². The standard InChI is InChI=1S/C12H7ClF3N3S/c13-10-5-19-11(20-10)6-18-9-2-1-8(12(14,15)16)3-7(9)4-17/h1-3,5,18H,6H2. The maximum absolute atomic E-state index is 12.5. The molecule has 1 aromatic carbocycles. The van der Waals surface area contributed by atoms with E-state index in [4.69, 9.17) is 16.9 Å². The average molecular weight is 318 g/mol. The van der Waals surface area contributed by atoms with Crippen LogP contribution in [0.15, 0.2) is 24.4 Å². The summed E-state index contributed by atoms with van der Waals surface area (Å²) in [5, 5.41) is 12.5. The Balaban J connectivity index is 2.18. The first-order valence-electron chi connectivity index (χ1n) is 5.35. The van der Waals surface area contributed by atoms with Crippen LogP contribution in [-0.2, 0) is 12.7 Å². The summed E-state index contributed by atoms with van der Waals surface area (Å²) in [6.45, 7) is 0.289. The third kappa shape index (κ3) is 3.40. The second kappa shape index (κ2) is 5.69. The van der Waals surface area contributed by atoms with E-state index in [-0.39, 0.29) is 12.1 Å². The predicted octanol–water partition coefficient (Wildman–Crippen LogP) is 4.30. The van der Waals surface area contributed by atoms with Gasteiger partial charge in [-0.2, -0.15) is 18.4 Å². The Labute approximate surface area is 121 Å². The zero-order valence-corrected chi connectivity index (χ0v) is 11.4. The molecule has 0 radical (unpaired) electrons. The molecule has 0 aliphatic carbocycles. The van der Waals surface area contributed by atoms with Gasteiger partial charge in [0.05, 0.1) is 29.6 Å². The number of halogens is 4. The van der Waals surface area contributed by atoms with Gasteiger partial charge in [-0.05, 0) is 18.2 Å². The van der Waals surface area contributed by atoms with Gasteiger partial charge in [0, 0.05) is 0 Å². The number of hydrogen-bond acceptors (Lipinski definition) is 4. The predicted molar refractivity (Wildman–Crippen MR) is 70.6 cm³/mol. The van der Waals surface area contributed by atoms with Crippen molar-refractivity contribution >= 4 is 28.6 Å². The van der Waals surface area contributed by atoms with Crippen molar-refractivity contribution in [3.8, 4) is 6.07 Å². The zero-order valence-electron chi connectivity index (χ0n) is 9.83. The summed E-state index contributed by atoms with van der Waals surface area (Å²) in [6.07, 6.45) is -2.98. The summed E-state index contributed by atoms with van der Waals surface area (Å²) in [5.74, 6) is 0. The number of hydrogen-bond donors (Lipinski definition) is 1. The van der Waals surface area contributed by atoms with E-state index in [9.17, 15) is 13.2 Å². The van der Waals surface area contributed by atoms with E-state index in [2.05, 4.69) is 10.3 Å². The molecule has 104 valence electrons. The Hall–Kier alpha value is -1.78. The number of rotatable bonds is 3. The lowest BCUT2D eigenvalue weighted by molar-refractivity contribution is -0.137. The molecule has 0 amide bonds. The summed E-state index contributed by atoms with van der Waals surface area (Å²) < 4.78 is 38.1. The number of aromatic nitrogens is 1. The van der Waals surface area contributed by atoms with Crippen LogP contribution in [0.4, 0.5) is 18.9 Å². The molecule has 8 heteroatoms. The Morgan fingerprint density at radius 2 is 2.15 bits per heavy atom. The highest BCUT2D eigenvalue weighted by Gasteiger charge is 2.31. The number of nitrogens with one attached hydrogen (secondary N) is 1. The maximum atomic E-state index is 12.5. The van der Waals surface area contributed by atoms with E-state index in [1.54, 1.807) is 6.07 Å². The molecule has 0 bridgehead atoms. The molecule has 2 aromatic rings. The molecule has 0 unspecified atom stereocenters. The van der Waals surface area contributed by atoms with Crippen LogP contribution in [0.3, 0.4) is 0 Å². The summed E-state index contributed by atoms with van der Waals surface area (Å²) in [7, 11) is 0. The van der Waals surface area contributed by atoms with E-state index < -0.39 is 11.7 Å². The lowest BCUT2D eigenvalue weighted by Gasteiger charge is -2.10. The Kier molecular flexibility index (Phi) is 4.16. The highest BCUT2D eigenvalue weighted by Crippen LogP contribution is 2.31. The molecule has 20 heavy (non-hydrogen) atoms. The van der Waals surface area contributed by atoms with Crippen molar-refractivity contribution in [2.75, 3.05) is 5.32 Å². The monoisotopic (exact) mass is 317 g/mol. The highest BCUT2D eigenvalue weighted by molar-refractivity contribution is 7.15. The van der Waals surface area contributed by atoms with Crippen LogP contribution in [-0.4, -0.2) is 4.98 Å². The van der Waals surface area contributed by atoms with Crippen molar-refractivity contribution in [1.82, 2.24) is 4.98 Å². The van der Waals surface area contributed by atoms with Gasteiger partial charge >= 0.3 is 6.18 Å². The van der Waals surface area contributed by atoms with Gasteiger partial charge in [0.25, 0.3) is 0 Å². The van der Waals surface area contributed by atoms with Crippen molar-refractivity contribution in [2.24, 2.45) is 0 Å². The molecule has 1 heterocycles. The molecule has 0 fully saturated rings. The molecule has 2 rings (SSSR count). The van der Waals surface area contributed by atoms with Crippen LogP contribution in [0.1, 0.15) is 16.1 Å². The van der Waals surface area contributed by atoms with Crippen molar-refractivity contribution in [3.63, 3.8) is 0 Å². The minimum Gasteiger partial charge on any atom is -0.377 e. The maximum Gasteiger partial charge on any atom is 0.416 e. The lowest BCUT2D eigenvalue weighted by atomic mass is 10.1. The minimum absolute atomic E-state index is 0.0671. The van der Waals surface area contributed by atoms with E-state index in [1.165, 1.54) is 23.6 Å². The Bertz CT molecular complexity index is 661. The second-order valence-electron chi connectivity index (χ2n) is 3.78. The van der Waals surface area contributed by atoms with E-state index in [0.29, 0.717) is 15.0 Å². The molecule has 0 saturated heterocycles. The number of alkyl halides is 3. The smallest absolute Gasteiger partial charge is 0.377 e. The van der Waals surface area contributed by atoms with E-state index in [1.807, 2.05) is 0 Å². The molecule has 0 atom stereocenters. The topological polar surface area (TPSA) is 48.7 Å². The number of anilines is 1. The Morgan fingerprint density at radius 1 is 1.40 bits per heavy atom. The van der Waals surface area contributed by atoms with Gasteiger partial charge in [0.15, 0.2) is 0 Å². The third-order valence-electron chi connectivity index (χ3n) is 2.42. The zero-order chi connectivity index (χ0) is 14.8. The summed E-state index contributed by atoms with van der Waals surface area (Å²) in [4.78, 5) is 4.00. The second-order valence-corrected chi connectivity index (χ2v) is 5.53. The fourth-order valence-corrected chi connectivity index (χ4v) is 2.40. The van der Waals surface area contributed by atoms with Gasteiger partial charge in [-0.15, -0.1) is 11.3 Å². The average Bonchev–Trinajstić information content (AvgIpc) is 2.81. The highest BCUT2D eigenvalue weighted by atomic mass is 35.5. The van der Waals surface area contributed by atoms with E-state index in [0.717, 1.165) is 12.1 Å². The summed E-state index contributed by atoms with van der Waals surface area (Å²) >= 11 is 6.98. The molecule has 3 nitrogen and oxygen atoms in total. The molecular weight excluding hydrogens is 311 g/mol. The largest absolute Gasteiger partial charge is 0.416 e. The summed E-state index contributed by atoms with van der Waals surface area (Å²) in [5.41, 5.74) is -0.591. The lowest BCUT2D eigenvalue weighted by Crippen LogP contribution is -2.07. The number of thiazole rings is 1. The van der Waals surface area contributed by atoms with Gasteiger partial charge in [-0.25, -0.2) is 4.98 Å². The van der Waals surface area contributed by atoms with Crippen LogP contribution in [0.2, 0.25) is 4.34 Å². The van der Waals surface area contributed by atoms with Gasteiger partial charge in [0.2, 0.25) is 0 Å². The van der Waals surface area contributed by atoms with Crippen molar-refractivity contribution in [1.29, 1.82) is 5.26 Å². The van der Waals surface area contributed by atoms with Crippen LogP contribution in [0.25, 0.3) is 0 Å². The SMILES string of the molecule is N#Cc1cc(C(F)(F)F)ccc1NCc1ncc(Cl)s1. The van der Waals surface area contributed by atoms with Crippen molar-refractivity contribution in [3.05, 3.63) is 44.9 Å². The molecular formula is C12H7ClF3N3S. The van der Waals surface area contributed by atoms with Crippen LogP contribution in [0, 0.1) is 11.3 Å².